The lowest BCUT2D eigenvalue weighted by atomic mass is 10.2. The molecular formula is C14H12F4N2O. The summed E-state index contributed by atoms with van der Waals surface area (Å²) in [4.78, 5) is 3.77. The maximum Gasteiger partial charge on any atom is 0.416 e. The van der Waals surface area contributed by atoms with Crippen LogP contribution in [-0.2, 0) is 12.7 Å². The van der Waals surface area contributed by atoms with Gasteiger partial charge in [0.1, 0.15) is 11.6 Å². The normalized spacial score (nSPS) is 11.5. The molecule has 1 N–H and O–H groups in total. The van der Waals surface area contributed by atoms with Crippen molar-refractivity contribution in [2.75, 3.05) is 7.05 Å². The number of ether oxygens (including phenoxy) is 1. The van der Waals surface area contributed by atoms with Gasteiger partial charge in [-0.15, -0.1) is 0 Å². The number of halogens is 4. The zero-order chi connectivity index (χ0) is 15.5. The van der Waals surface area contributed by atoms with E-state index < -0.39 is 17.6 Å². The highest BCUT2D eigenvalue weighted by molar-refractivity contribution is 5.35. The Hall–Kier alpha value is -2.15. The van der Waals surface area contributed by atoms with Gasteiger partial charge < -0.3 is 10.1 Å². The first kappa shape index (κ1) is 15.2. The van der Waals surface area contributed by atoms with Gasteiger partial charge in [0.25, 0.3) is 0 Å². The Kier molecular flexibility index (Phi) is 4.42. The van der Waals surface area contributed by atoms with E-state index in [2.05, 4.69) is 10.3 Å². The average molecular weight is 300 g/mol. The lowest BCUT2D eigenvalue weighted by Crippen LogP contribution is -2.08. The predicted octanol–water partition coefficient (Wildman–Crippen LogP) is 3.75. The number of benzene rings is 1. The minimum atomic E-state index is -4.45. The van der Waals surface area contributed by atoms with E-state index in [1.807, 2.05) is 0 Å². The van der Waals surface area contributed by atoms with Crippen LogP contribution in [0.15, 0.2) is 36.5 Å². The van der Waals surface area contributed by atoms with Gasteiger partial charge in [-0.25, -0.2) is 9.37 Å². The summed E-state index contributed by atoms with van der Waals surface area (Å²) < 4.78 is 56.4. The van der Waals surface area contributed by atoms with Crippen LogP contribution in [-0.4, -0.2) is 12.0 Å². The quantitative estimate of drug-likeness (QED) is 0.873. The minimum absolute atomic E-state index is 0.0127. The number of hydrogen-bond acceptors (Lipinski definition) is 3. The van der Waals surface area contributed by atoms with Crippen LogP contribution in [0, 0.1) is 5.82 Å². The van der Waals surface area contributed by atoms with Gasteiger partial charge in [0.2, 0.25) is 5.88 Å². The first-order valence-corrected chi connectivity index (χ1v) is 6.04. The Bertz CT molecular complexity index is 629. The fraction of sp³-hybridized carbons (Fsp3) is 0.214. The molecule has 0 aliphatic rings. The third-order valence-corrected chi connectivity index (χ3v) is 2.64. The molecule has 0 saturated carbocycles. The first-order chi connectivity index (χ1) is 9.90. The molecule has 7 heteroatoms. The molecule has 0 aliphatic heterocycles. The minimum Gasteiger partial charge on any atom is -0.439 e. The topological polar surface area (TPSA) is 34.2 Å². The van der Waals surface area contributed by atoms with Gasteiger partial charge in [0, 0.05) is 12.1 Å². The lowest BCUT2D eigenvalue weighted by molar-refractivity contribution is -0.137. The van der Waals surface area contributed by atoms with Crippen LogP contribution in [0.5, 0.6) is 11.6 Å². The molecule has 0 amide bonds. The van der Waals surface area contributed by atoms with Crippen molar-refractivity contribution >= 4 is 0 Å². The molecule has 1 aromatic heterocycles. The molecule has 1 heterocycles. The molecule has 0 bridgehead atoms. The fourth-order valence-corrected chi connectivity index (χ4v) is 1.73. The van der Waals surface area contributed by atoms with E-state index in [-0.39, 0.29) is 18.2 Å². The third kappa shape index (κ3) is 3.91. The Labute approximate surface area is 118 Å². The van der Waals surface area contributed by atoms with E-state index in [1.165, 1.54) is 18.2 Å². The van der Waals surface area contributed by atoms with Crippen molar-refractivity contribution in [2.24, 2.45) is 0 Å². The van der Waals surface area contributed by atoms with Crippen LogP contribution < -0.4 is 10.1 Å². The summed E-state index contributed by atoms with van der Waals surface area (Å²) in [6, 6.07) is 5.64. The number of pyridine rings is 1. The molecular weight excluding hydrogens is 288 g/mol. The molecule has 0 unspecified atom stereocenters. The summed E-state index contributed by atoms with van der Waals surface area (Å²) in [5.74, 6) is -0.497. The predicted molar refractivity (Wildman–Crippen MR) is 68.5 cm³/mol. The van der Waals surface area contributed by atoms with Crippen molar-refractivity contribution < 1.29 is 22.3 Å². The molecule has 2 rings (SSSR count). The van der Waals surface area contributed by atoms with Crippen LogP contribution in [0.25, 0.3) is 0 Å². The highest BCUT2D eigenvalue weighted by atomic mass is 19.4. The van der Waals surface area contributed by atoms with Gasteiger partial charge >= 0.3 is 6.18 Å². The molecule has 1 aromatic carbocycles. The first-order valence-electron chi connectivity index (χ1n) is 6.04. The lowest BCUT2D eigenvalue weighted by Gasteiger charge is -2.12. The number of nitrogens with zero attached hydrogens (tertiary/aromatic N) is 1. The Morgan fingerprint density at radius 2 is 2.00 bits per heavy atom. The molecule has 0 spiro atoms. The molecule has 0 atom stereocenters. The summed E-state index contributed by atoms with van der Waals surface area (Å²) in [5, 5.41) is 2.81. The summed E-state index contributed by atoms with van der Waals surface area (Å²) in [7, 11) is 1.65. The number of nitrogens with one attached hydrogen (secondary N) is 1. The van der Waals surface area contributed by atoms with Crippen molar-refractivity contribution in [2.45, 2.75) is 12.7 Å². The van der Waals surface area contributed by atoms with Gasteiger partial charge in [-0.1, -0.05) is 6.07 Å². The van der Waals surface area contributed by atoms with E-state index in [0.29, 0.717) is 5.56 Å². The maximum absolute atomic E-state index is 13.1. The van der Waals surface area contributed by atoms with E-state index in [4.69, 9.17) is 4.74 Å². The molecule has 2 aromatic rings. The second kappa shape index (κ2) is 6.09. The molecule has 21 heavy (non-hydrogen) atoms. The fourth-order valence-electron chi connectivity index (χ4n) is 1.73. The van der Waals surface area contributed by atoms with E-state index in [1.54, 1.807) is 7.05 Å². The molecule has 0 fully saturated rings. The second-order valence-electron chi connectivity index (χ2n) is 4.28. The van der Waals surface area contributed by atoms with Gasteiger partial charge in [0.15, 0.2) is 0 Å². The van der Waals surface area contributed by atoms with Crippen LogP contribution >= 0.6 is 0 Å². The number of rotatable bonds is 4. The zero-order valence-electron chi connectivity index (χ0n) is 11.0. The Morgan fingerprint density at radius 3 is 2.67 bits per heavy atom. The van der Waals surface area contributed by atoms with Gasteiger partial charge in [0.05, 0.1) is 11.8 Å². The summed E-state index contributed by atoms with van der Waals surface area (Å²) in [6.07, 6.45) is -3.51. The van der Waals surface area contributed by atoms with Crippen molar-refractivity contribution in [3.63, 3.8) is 0 Å². The van der Waals surface area contributed by atoms with Gasteiger partial charge in [-0.2, -0.15) is 13.2 Å². The summed E-state index contributed by atoms with van der Waals surface area (Å²) in [6.45, 7) is 0.277. The standard InChI is InChI=1S/C14H12F4N2O/c1-19-7-9-5-11(15)8-20-13(9)21-12-4-2-3-10(6-12)14(16,17)18/h2-6,8,19H,7H2,1H3. The summed E-state index contributed by atoms with van der Waals surface area (Å²) >= 11 is 0. The molecule has 112 valence electrons. The largest absolute Gasteiger partial charge is 0.439 e. The maximum atomic E-state index is 13.1. The Balaban J connectivity index is 2.30. The summed E-state index contributed by atoms with van der Waals surface area (Å²) in [5.41, 5.74) is -0.410. The van der Waals surface area contributed by atoms with Crippen molar-refractivity contribution in [3.05, 3.63) is 53.5 Å². The number of aromatic nitrogens is 1. The van der Waals surface area contributed by atoms with Crippen LogP contribution in [0.2, 0.25) is 0 Å². The van der Waals surface area contributed by atoms with Gasteiger partial charge in [-0.3, -0.25) is 0 Å². The molecule has 0 aliphatic carbocycles. The van der Waals surface area contributed by atoms with Crippen LogP contribution in [0.4, 0.5) is 17.6 Å². The highest BCUT2D eigenvalue weighted by Gasteiger charge is 2.30. The van der Waals surface area contributed by atoms with Crippen LogP contribution in [0.3, 0.4) is 0 Å². The highest BCUT2D eigenvalue weighted by Crippen LogP contribution is 2.32. The molecule has 0 radical (unpaired) electrons. The number of hydrogen-bond donors (Lipinski definition) is 1. The van der Waals surface area contributed by atoms with Gasteiger partial charge in [-0.05, 0) is 31.3 Å². The van der Waals surface area contributed by atoms with E-state index in [0.717, 1.165) is 18.3 Å². The monoisotopic (exact) mass is 300 g/mol. The number of alkyl halides is 3. The smallest absolute Gasteiger partial charge is 0.416 e. The van der Waals surface area contributed by atoms with E-state index in [9.17, 15) is 17.6 Å². The van der Waals surface area contributed by atoms with E-state index >= 15 is 0 Å². The van der Waals surface area contributed by atoms with Crippen molar-refractivity contribution in [1.82, 2.24) is 10.3 Å². The van der Waals surface area contributed by atoms with Crippen LogP contribution in [0.1, 0.15) is 11.1 Å². The molecule has 3 nitrogen and oxygen atoms in total. The van der Waals surface area contributed by atoms with Crippen molar-refractivity contribution in [1.29, 1.82) is 0 Å². The zero-order valence-corrected chi connectivity index (χ0v) is 11.0. The van der Waals surface area contributed by atoms with Crippen molar-refractivity contribution in [3.8, 4) is 11.6 Å². The average Bonchev–Trinajstić information content (AvgIpc) is 2.42. The second-order valence-corrected chi connectivity index (χ2v) is 4.28. The SMILES string of the molecule is CNCc1cc(F)cnc1Oc1cccc(C(F)(F)F)c1. The molecule has 0 saturated heterocycles. The third-order valence-electron chi connectivity index (χ3n) is 2.64. The Morgan fingerprint density at radius 1 is 1.24 bits per heavy atom.